The number of hydrogen-bond acceptors (Lipinski definition) is 5. The Kier molecular flexibility index (Phi) is 9.53. The molecule has 214 valence electrons. The molecule has 0 spiro atoms. The van der Waals surface area contributed by atoms with Crippen LogP contribution in [0.15, 0.2) is 11.6 Å². The van der Waals surface area contributed by atoms with E-state index in [2.05, 4.69) is 54.5 Å². The Balaban J connectivity index is 2.48. The highest BCUT2D eigenvalue weighted by molar-refractivity contribution is 6.01. The van der Waals surface area contributed by atoms with Crippen molar-refractivity contribution in [2.24, 2.45) is 44.8 Å². The summed E-state index contributed by atoms with van der Waals surface area (Å²) in [5.74, 6) is -0.524. The smallest absolute Gasteiger partial charge is 0.249 e. The quantitative estimate of drug-likeness (QED) is 0.218. The minimum Gasteiger partial charge on any atom is -0.300 e. The Morgan fingerprint density at radius 3 is 2.21 bits per heavy atom. The van der Waals surface area contributed by atoms with Crippen molar-refractivity contribution < 1.29 is 19.6 Å². The van der Waals surface area contributed by atoms with Crippen LogP contribution >= 0.6 is 0 Å². The van der Waals surface area contributed by atoms with Gasteiger partial charge in [-0.1, -0.05) is 74.8 Å². The largest absolute Gasteiger partial charge is 0.300 e. The molecule has 6 heteroatoms. The molecule has 0 bridgehead atoms. The molecule has 0 aliphatic heterocycles. The molecule has 0 heterocycles. The average molecular weight is 529 g/mol. The molecule has 1 fully saturated rings. The first-order chi connectivity index (χ1) is 17.3. The molecule has 2 aliphatic rings. The molecule has 0 unspecified atom stereocenters. The summed E-state index contributed by atoms with van der Waals surface area (Å²) in [4.78, 5) is 38.5. The fourth-order valence-corrected chi connectivity index (χ4v) is 7.47. The third kappa shape index (κ3) is 5.93. The highest BCUT2D eigenvalue weighted by Gasteiger charge is 2.61. The fourth-order valence-electron chi connectivity index (χ4n) is 7.47. The molecule has 0 saturated heterocycles. The van der Waals surface area contributed by atoms with Gasteiger partial charge in [-0.15, -0.1) is 0 Å². The van der Waals surface area contributed by atoms with Crippen molar-refractivity contribution in [3.8, 4) is 6.07 Å². The molecule has 2 N–H and O–H groups in total. The Morgan fingerprint density at radius 1 is 1.13 bits per heavy atom. The van der Waals surface area contributed by atoms with E-state index in [1.165, 1.54) is 0 Å². The highest BCUT2D eigenvalue weighted by atomic mass is 16.5. The second kappa shape index (κ2) is 11.2. The number of allylic oxidation sites excluding steroid dienone is 2. The lowest BCUT2D eigenvalue weighted by atomic mass is 9.41. The summed E-state index contributed by atoms with van der Waals surface area (Å²) in [7, 11) is 0. The highest BCUT2D eigenvalue weighted by Crippen LogP contribution is 2.66. The summed E-state index contributed by atoms with van der Waals surface area (Å²) in [6.45, 7) is 21.0. The lowest BCUT2D eigenvalue weighted by Crippen LogP contribution is -2.57. The zero-order chi connectivity index (χ0) is 29.3. The van der Waals surface area contributed by atoms with Crippen LogP contribution in [-0.2, 0) is 14.4 Å². The van der Waals surface area contributed by atoms with E-state index < -0.39 is 10.8 Å². The normalized spacial score (nSPS) is 31.5. The van der Waals surface area contributed by atoms with Gasteiger partial charge in [-0.2, -0.15) is 5.26 Å². The van der Waals surface area contributed by atoms with E-state index in [1.54, 1.807) is 6.92 Å². The molecule has 1 saturated carbocycles. The van der Waals surface area contributed by atoms with Gasteiger partial charge < -0.3 is 4.79 Å². The first-order valence-electron chi connectivity index (χ1n) is 14.5. The maximum Gasteiger partial charge on any atom is 0.249 e. The second-order valence-electron chi connectivity index (χ2n) is 14.6. The number of fused-ring (bicyclic) bond motifs is 1. The molecular weight excluding hydrogens is 476 g/mol. The summed E-state index contributed by atoms with van der Waals surface area (Å²) in [5.41, 5.74) is 0.579. The molecule has 0 aromatic heterocycles. The van der Waals surface area contributed by atoms with Crippen LogP contribution in [0.2, 0.25) is 0 Å². The van der Waals surface area contributed by atoms with Gasteiger partial charge in [0.2, 0.25) is 5.91 Å². The van der Waals surface area contributed by atoms with Crippen molar-refractivity contribution >= 4 is 17.5 Å². The van der Waals surface area contributed by atoms with Crippen molar-refractivity contribution in [1.82, 2.24) is 5.48 Å². The van der Waals surface area contributed by atoms with Gasteiger partial charge in [0, 0.05) is 17.8 Å². The van der Waals surface area contributed by atoms with E-state index >= 15 is 0 Å². The standard InChI is InChI=1S/C32H52N2O4/c1-11-28(4,5)14-16-30(8,27(37)34-38)17-15-29(6,7)32(10)13-12-24-22(3)26(36)23(20-33)19-31(24,9)25(32)18-21(2)35/h19,22,24-25,38H,11-18H2,1-10H3,(H,34,37)/t22-,24-,25+,30-,31-,32+/m0/s1. The minimum absolute atomic E-state index is 0.0444. The topological polar surface area (TPSA) is 107 Å². The molecule has 6 nitrogen and oxygen atoms in total. The zero-order valence-electron chi connectivity index (χ0n) is 25.6. The van der Waals surface area contributed by atoms with Crippen molar-refractivity contribution in [2.75, 3.05) is 0 Å². The SMILES string of the molecule is CCC(C)(C)CC[C@@](C)(CCC(C)(C)[C@]1(C)CC[C@H]2[C@H](C)C(=O)C(C#N)=C[C@]2(C)[C@H]1CC(C)=O)C(=O)NO. The third-order valence-electron chi connectivity index (χ3n) is 11.5. The number of Topliss-reactive ketones (excluding diaryl/α,β-unsaturated/α-hetero) is 2. The summed E-state index contributed by atoms with van der Waals surface area (Å²) in [6, 6.07) is 2.14. The number of ketones is 2. The summed E-state index contributed by atoms with van der Waals surface area (Å²) in [6.07, 6.45) is 7.94. The van der Waals surface area contributed by atoms with Gasteiger partial charge in [-0.25, -0.2) is 5.48 Å². The van der Waals surface area contributed by atoms with Gasteiger partial charge in [0.1, 0.15) is 11.9 Å². The van der Waals surface area contributed by atoms with E-state index in [-0.39, 0.29) is 57.0 Å². The molecule has 2 aliphatic carbocycles. The van der Waals surface area contributed by atoms with Crippen LogP contribution < -0.4 is 5.48 Å². The Hall–Kier alpha value is -2.00. The predicted octanol–water partition coefficient (Wildman–Crippen LogP) is 7.21. The third-order valence-corrected chi connectivity index (χ3v) is 11.5. The number of rotatable bonds is 11. The molecule has 38 heavy (non-hydrogen) atoms. The Labute approximate surface area is 231 Å². The average Bonchev–Trinajstić information content (AvgIpc) is 2.85. The zero-order valence-corrected chi connectivity index (χ0v) is 25.6. The number of carbonyl (C=O) groups is 3. The first kappa shape index (κ1) is 32.2. The number of nitriles is 1. The van der Waals surface area contributed by atoms with Crippen molar-refractivity contribution in [2.45, 2.75) is 121 Å². The monoisotopic (exact) mass is 528 g/mol. The number of hydrogen-bond donors (Lipinski definition) is 2. The van der Waals surface area contributed by atoms with Crippen LogP contribution in [-0.4, -0.2) is 22.7 Å². The fraction of sp³-hybridized carbons (Fsp3) is 0.812. The van der Waals surface area contributed by atoms with Gasteiger partial charge >= 0.3 is 0 Å². The Bertz CT molecular complexity index is 1010. The lowest BCUT2D eigenvalue weighted by Gasteiger charge is -2.62. The van der Waals surface area contributed by atoms with Crippen LogP contribution in [0.5, 0.6) is 0 Å². The van der Waals surface area contributed by atoms with Crippen molar-refractivity contribution in [3.63, 3.8) is 0 Å². The van der Waals surface area contributed by atoms with E-state index in [1.807, 2.05) is 25.4 Å². The molecule has 0 radical (unpaired) electrons. The molecular formula is C32H52N2O4. The molecule has 0 aromatic rings. The second-order valence-corrected chi connectivity index (χ2v) is 14.6. The molecule has 1 amide bonds. The van der Waals surface area contributed by atoms with E-state index in [0.29, 0.717) is 19.3 Å². The first-order valence-corrected chi connectivity index (χ1v) is 14.5. The van der Waals surface area contributed by atoms with Gasteiger partial charge in [0.25, 0.3) is 0 Å². The summed E-state index contributed by atoms with van der Waals surface area (Å²) in [5, 5.41) is 19.3. The van der Waals surface area contributed by atoms with Crippen LogP contribution in [0.1, 0.15) is 121 Å². The summed E-state index contributed by atoms with van der Waals surface area (Å²) >= 11 is 0. The predicted molar refractivity (Wildman–Crippen MR) is 150 cm³/mol. The van der Waals surface area contributed by atoms with E-state index in [9.17, 15) is 24.9 Å². The number of nitrogens with zero attached hydrogens (tertiary/aromatic N) is 1. The molecule has 2 rings (SSSR count). The van der Waals surface area contributed by atoms with Crippen LogP contribution in [0.25, 0.3) is 0 Å². The minimum atomic E-state index is -0.717. The maximum atomic E-state index is 12.9. The van der Waals surface area contributed by atoms with Crippen molar-refractivity contribution in [1.29, 1.82) is 5.26 Å². The maximum absolute atomic E-state index is 12.9. The molecule has 0 aromatic carbocycles. The van der Waals surface area contributed by atoms with Gasteiger partial charge in [0.05, 0.1) is 5.57 Å². The van der Waals surface area contributed by atoms with Crippen molar-refractivity contribution in [3.05, 3.63) is 11.6 Å². The van der Waals surface area contributed by atoms with Crippen LogP contribution in [0.3, 0.4) is 0 Å². The lowest BCUT2D eigenvalue weighted by molar-refractivity contribution is -0.147. The summed E-state index contributed by atoms with van der Waals surface area (Å²) < 4.78 is 0. The number of hydroxylamine groups is 1. The number of amides is 1. The van der Waals surface area contributed by atoms with E-state index in [0.717, 1.165) is 32.1 Å². The Morgan fingerprint density at radius 2 is 1.71 bits per heavy atom. The number of carbonyl (C=O) groups excluding carboxylic acids is 3. The van der Waals surface area contributed by atoms with E-state index in [4.69, 9.17) is 0 Å². The number of nitrogens with one attached hydrogen (secondary N) is 1. The van der Waals surface area contributed by atoms with Gasteiger partial charge in [-0.3, -0.25) is 14.8 Å². The van der Waals surface area contributed by atoms with Crippen LogP contribution in [0, 0.1) is 56.2 Å². The van der Waals surface area contributed by atoms with Gasteiger partial charge in [0.15, 0.2) is 5.78 Å². The van der Waals surface area contributed by atoms with Gasteiger partial charge in [-0.05, 0) is 78.9 Å². The van der Waals surface area contributed by atoms with Crippen LogP contribution in [0.4, 0.5) is 0 Å². The molecule has 6 atom stereocenters.